The smallest absolute Gasteiger partial charge is 0.0666 e. The summed E-state index contributed by atoms with van der Waals surface area (Å²) < 4.78 is 11.4. The highest BCUT2D eigenvalue weighted by Crippen LogP contribution is 2.18. The van der Waals surface area contributed by atoms with Crippen molar-refractivity contribution in [3.63, 3.8) is 0 Å². The summed E-state index contributed by atoms with van der Waals surface area (Å²) in [7, 11) is -0.668. The zero-order valence-electron chi connectivity index (χ0n) is 7.09. The van der Waals surface area contributed by atoms with Crippen LogP contribution < -0.4 is 0 Å². The fourth-order valence-corrected chi connectivity index (χ4v) is 2.85. The lowest BCUT2D eigenvalue weighted by Gasteiger charge is -1.95. The van der Waals surface area contributed by atoms with Crippen molar-refractivity contribution in [2.24, 2.45) is 0 Å². The van der Waals surface area contributed by atoms with Crippen LogP contribution in [-0.2, 0) is 23.0 Å². The molecule has 1 aliphatic heterocycles. The summed E-state index contributed by atoms with van der Waals surface area (Å²) in [6.45, 7) is 1.99. The van der Waals surface area contributed by atoms with Crippen molar-refractivity contribution in [2.45, 2.75) is 25.5 Å². The van der Waals surface area contributed by atoms with Crippen LogP contribution >= 0.6 is 0 Å². The number of nitrogens with one attached hydrogen (secondary N) is 1. The predicted octanol–water partition coefficient (Wildman–Crippen LogP) is 0.913. The number of hydrogen-bond acceptors (Lipinski definition) is 2. The molecule has 2 heterocycles. The number of H-pyrrole nitrogens is 1. The van der Waals surface area contributed by atoms with E-state index in [-0.39, 0.29) is 0 Å². The number of aromatic nitrogens is 2. The van der Waals surface area contributed by atoms with Crippen LogP contribution in [0.2, 0.25) is 0 Å². The number of nitrogens with zero attached hydrogens (tertiary/aromatic N) is 1. The molecule has 0 saturated heterocycles. The third-order valence-corrected chi connectivity index (χ3v) is 3.61. The van der Waals surface area contributed by atoms with E-state index in [1.165, 1.54) is 5.56 Å². The number of rotatable bonds is 0. The minimum Gasteiger partial charge on any atom is -0.282 e. The molecule has 1 aromatic heterocycles. The molecule has 4 heteroatoms. The van der Waals surface area contributed by atoms with Crippen molar-refractivity contribution in [3.8, 4) is 0 Å². The Hall–Kier alpha value is -0.640. The van der Waals surface area contributed by atoms with E-state index in [0.717, 1.165) is 30.0 Å². The molecule has 0 amide bonds. The summed E-state index contributed by atoms with van der Waals surface area (Å²) in [6.07, 6.45) is 1.98. The maximum Gasteiger partial charge on any atom is 0.0666 e. The highest BCUT2D eigenvalue weighted by Gasteiger charge is 2.16. The quantitative estimate of drug-likeness (QED) is 0.651. The van der Waals surface area contributed by atoms with E-state index in [9.17, 15) is 4.21 Å². The van der Waals surface area contributed by atoms with Gasteiger partial charge >= 0.3 is 0 Å². The molecule has 0 bridgehead atoms. The molecule has 0 aliphatic carbocycles. The van der Waals surface area contributed by atoms with E-state index in [1.807, 2.05) is 6.92 Å². The predicted molar refractivity (Wildman–Crippen MR) is 48.4 cm³/mol. The molecule has 12 heavy (non-hydrogen) atoms. The van der Waals surface area contributed by atoms with Crippen molar-refractivity contribution in [1.29, 1.82) is 0 Å². The third kappa shape index (κ3) is 1.31. The largest absolute Gasteiger partial charge is 0.282 e. The Bertz CT molecular complexity index is 319. The molecule has 0 saturated carbocycles. The minimum absolute atomic E-state index is 0.668. The maximum atomic E-state index is 11.4. The van der Waals surface area contributed by atoms with Crippen LogP contribution in [0.15, 0.2) is 0 Å². The molecule has 0 radical (unpaired) electrons. The molecule has 0 spiro atoms. The average molecular weight is 184 g/mol. The van der Waals surface area contributed by atoms with Crippen molar-refractivity contribution >= 4 is 10.8 Å². The van der Waals surface area contributed by atoms with Crippen LogP contribution in [0.25, 0.3) is 0 Å². The van der Waals surface area contributed by atoms with Crippen molar-refractivity contribution in [3.05, 3.63) is 17.0 Å². The Morgan fingerprint density at radius 2 is 2.42 bits per heavy atom. The van der Waals surface area contributed by atoms with Crippen LogP contribution in [0.4, 0.5) is 0 Å². The van der Waals surface area contributed by atoms with Gasteiger partial charge in [0.1, 0.15) is 0 Å². The molecule has 66 valence electrons. The van der Waals surface area contributed by atoms with Gasteiger partial charge in [-0.3, -0.25) is 9.31 Å². The van der Waals surface area contributed by atoms with E-state index in [4.69, 9.17) is 0 Å². The Morgan fingerprint density at radius 1 is 1.58 bits per heavy atom. The monoisotopic (exact) mass is 184 g/mol. The zero-order chi connectivity index (χ0) is 8.55. The van der Waals surface area contributed by atoms with Crippen LogP contribution in [0.5, 0.6) is 0 Å². The van der Waals surface area contributed by atoms with Crippen molar-refractivity contribution in [2.75, 3.05) is 5.75 Å². The normalized spacial score (nSPS) is 23.2. The highest BCUT2D eigenvalue weighted by molar-refractivity contribution is 7.84. The summed E-state index contributed by atoms with van der Waals surface area (Å²) in [4.78, 5) is 0. The van der Waals surface area contributed by atoms with Gasteiger partial charge in [0.05, 0.1) is 11.4 Å². The second-order valence-electron chi connectivity index (χ2n) is 3.17. The number of aromatic amines is 1. The molecule has 1 aromatic rings. The molecule has 0 aromatic carbocycles. The Kier molecular flexibility index (Phi) is 2.00. The lowest BCUT2D eigenvalue weighted by molar-refractivity contribution is 0.681. The van der Waals surface area contributed by atoms with E-state index >= 15 is 0 Å². The van der Waals surface area contributed by atoms with Crippen molar-refractivity contribution < 1.29 is 4.21 Å². The first-order valence-corrected chi connectivity index (χ1v) is 5.64. The summed E-state index contributed by atoms with van der Waals surface area (Å²) in [5, 5.41) is 7.13. The zero-order valence-corrected chi connectivity index (χ0v) is 7.91. The van der Waals surface area contributed by atoms with Gasteiger partial charge < -0.3 is 0 Å². The lowest BCUT2D eigenvalue weighted by atomic mass is 10.1. The summed E-state index contributed by atoms with van der Waals surface area (Å²) >= 11 is 0. The van der Waals surface area contributed by atoms with Gasteiger partial charge in [0.15, 0.2) is 0 Å². The van der Waals surface area contributed by atoms with E-state index in [1.54, 1.807) is 0 Å². The molecule has 3 nitrogen and oxygen atoms in total. The topological polar surface area (TPSA) is 45.8 Å². The van der Waals surface area contributed by atoms with Crippen LogP contribution in [-0.4, -0.2) is 20.2 Å². The number of aryl methyl sites for hydroxylation is 2. The fourth-order valence-electron chi connectivity index (χ4n) is 1.53. The van der Waals surface area contributed by atoms with Gasteiger partial charge in [-0.2, -0.15) is 5.10 Å². The highest BCUT2D eigenvalue weighted by atomic mass is 32.2. The second kappa shape index (κ2) is 3.01. The molecule has 1 unspecified atom stereocenters. The fraction of sp³-hybridized carbons (Fsp3) is 0.625. The van der Waals surface area contributed by atoms with E-state index in [2.05, 4.69) is 10.2 Å². The first-order chi connectivity index (χ1) is 5.77. The SMILES string of the molecule is Cc1[nH]nc2c1CS(=O)CCC2. The Morgan fingerprint density at radius 3 is 3.25 bits per heavy atom. The van der Waals surface area contributed by atoms with E-state index < -0.39 is 10.8 Å². The van der Waals surface area contributed by atoms with Gasteiger partial charge in [0.25, 0.3) is 0 Å². The summed E-state index contributed by atoms with van der Waals surface area (Å²) in [5.41, 5.74) is 3.39. The molecule has 2 rings (SSSR count). The molecule has 1 N–H and O–H groups in total. The molecular formula is C8H12N2OS. The maximum absolute atomic E-state index is 11.4. The summed E-state index contributed by atoms with van der Waals surface area (Å²) in [6, 6.07) is 0. The summed E-state index contributed by atoms with van der Waals surface area (Å²) in [5.74, 6) is 1.52. The molecule has 1 aliphatic rings. The van der Waals surface area contributed by atoms with Gasteiger partial charge in [-0.15, -0.1) is 0 Å². The van der Waals surface area contributed by atoms with Gasteiger partial charge in [-0.1, -0.05) is 0 Å². The van der Waals surface area contributed by atoms with Gasteiger partial charge in [-0.05, 0) is 19.8 Å². The van der Waals surface area contributed by atoms with E-state index in [0.29, 0.717) is 5.75 Å². The first-order valence-electron chi connectivity index (χ1n) is 4.15. The van der Waals surface area contributed by atoms with Crippen LogP contribution in [0.1, 0.15) is 23.4 Å². The third-order valence-electron chi connectivity index (χ3n) is 2.25. The van der Waals surface area contributed by atoms with Crippen molar-refractivity contribution in [1.82, 2.24) is 10.2 Å². The Labute approximate surface area is 74.0 Å². The number of hydrogen-bond donors (Lipinski definition) is 1. The molecule has 1 atom stereocenters. The van der Waals surface area contributed by atoms with Crippen LogP contribution in [0, 0.1) is 6.92 Å². The van der Waals surface area contributed by atoms with Gasteiger partial charge in [0, 0.05) is 27.8 Å². The average Bonchev–Trinajstić information content (AvgIpc) is 2.31. The van der Waals surface area contributed by atoms with Crippen LogP contribution in [0.3, 0.4) is 0 Å². The van der Waals surface area contributed by atoms with Gasteiger partial charge in [-0.25, -0.2) is 0 Å². The lowest BCUT2D eigenvalue weighted by Crippen LogP contribution is -1.98. The minimum atomic E-state index is -0.668. The molecule has 0 fully saturated rings. The first kappa shape index (κ1) is 7.98. The standard InChI is InChI=1S/C8H12N2OS/c1-6-7-5-12(11)4-2-3-8(7)10-9-6/h2-5H2,1H3,(H,9,10). The molecular weight excluding hydrogens is 172 g/mol. The second-order valence-corrected chi connectivity index (χ2v) is 4.74. The Balaban J connectivity index is 2.40. The van der Waals surface area contributed by atoms with Gasteiger partial charge in [0.2, 0.25) is 0 Å². The number of fused-ring (bicyclic) bond motifs is 1.